The molecule has 23 N–H and O–H groups in total. The largest absolute Gasteiger partial charge is 0.370 e. The summed E-state index contributed by atoms with van der Waals surface area (Å²) in [5.74, 6) is -16.5. The van der Waals surface area contributed by atoms with E-state index in [9.17, 15) is 57.5 Å². The third kappa shape index (κ3) is 31.1. The normalized spacial score (nSPS) is 23.3. The van der Waals surface area contributed by atoms with E-state index >= 15 is 24.0 Å². The molecule has 2 aliphatic rings. The number of para-hydroxylation sites is 2. The number of nitrogens with two attached hydrogens (primary N) is 4. The van der Waals surface area contributed by atoms with E-state index in [1.54, 1.807) is 86.9 Å². The molecule has 5 heterocycles. The van der Waals surface area contributed by atoms with Crippen molar-refractivity contribution in [3.05, 3.63) is 126 Å². The first kappa shape index (κ1) is 106. The van der Waals surface area contributed by atoms with Crippen LogP contribution in [0.15, 0.2) is 104 Å². The first-order chi connectivity index (χ1) is 63.9. The molecule has 6 aromatic rings. The van der Waals surface area contributed by atoms with Crippen molar-refractivity contribution in [2.24, 2.45) is 28.9 Å². The quantitative estimate of drug-likeness (QED) is 0.0153. The molecule has 3 aromatic carbocycles. The van der Waals surface area contributed by atoms with Crippen molar-refractivity contribution in [1.29, 1.82) is 5.41 Å². The number of imidazole rings is 1. The van der Waals surface area contributed by atoms with Gasteiger partial charge in [-0.1, -0.05) is 120 Å². The number of hydrogen-bond acceptors (Lipinski definition) is 21. The molecule has 0 bridgehead atoms. The third-order valence-corrected chi connectivity index (χ3v) is 24.7. The van der Waals surface area contributed by atoms with E-state index in [-0.39, 0.29) is 109 Å². The molecule has 8 rings (SSSR count). The van der Waals surface area contributed by atoms with Crippen molar-refractivity contribution in [2.45, 2.75) is 229 Å². The van der Waals surface area contributed by atoms with Crippen LogP contribution in [0.1, 0.15) is 147 Å². The van der Waals surface area contributed by atoms with Crippen LogP contribution in [-0.2, 0) is 107 Å². The lowest BCUT2D eigenvalue weighted by Crippen LogP contribution is -2.61. The van der Waals surface area contributed by atoms with Crippen LogP contribution in [0, 0.1) is 11.3 Å². The number of guanidine groups is 1. The van der Waals surface area contributed by atoms with Crippen molar-refractivity contribution in [2.75, 3.05) is 72.4 Å². The second kappa shape index (κ2) is 52.1. The Morgan fingerprint density at radius 3 is 1.65 bits per heavy atom. The van der Waals surface area contributed by atoms with Gasteiger partial charge >= 0.3 is 0 Å². The molecule has 17 amide bonds. The van der Waals surface area contributed by atoms with Gasteiger partial charge < -0.3 is 121 Å². The summed E-state index contributed by atoms with van der Waals surface area (Å²) in [6.45, 7) is 7.15. The molecule has 0 saturated carbocycles. The van der Waals surface area contributed by atoms with Crippen LogP contribution in [0.2, 0.25) is 0 Å². The van der Waals surface area contributed by atoms with E-state index in [0.717, 1.165) is 26.5 Å². The number of hydrogen-bond donors (Lipinski definition) is 19. The average Bonchev–Trinajstić information content (AvgIpc) is 1.71. The van der Waals surface area contributed by atoms with Crippen LogP contribution >= 0.6 is 11.8 Å². The van der Waals surface area contributed by atoms with Crippen molar-refractivity contribution < 1.29 is 81.5 Å². The summed E-state index contributed by atoms with van der Waals surface area (Å²) in [6, 6.07) is 3.81. The molecule has 2 saturated heterocycles. The number of nitrogens with one attached hydrogen (secondary N) is 15. The lowest BCUT2D eigenvalue weighted by molar-refractivity contribution is -0.149. The highest BCUT2D eigenvalue weighted by Gasteiger charge is 2.44. The molecule has 0 aliphatic carbocycles. The van der Waals surface area contributed by atoms with Gasteiger partial charge in [0.1, 0.15) is 78.5 Å². The number of aromatic nitrogens is 4. The van der Waals surface area contributed by atoms with E-state index in [1.165, 1.54) is 57.4 Å². The molecule has 3 aromatic heterocycles. The fraction of sp³-hybridized carbons (Fsp3) is 0.527. The molecular weight excluding hydrogens is 1750 g/mol. The van der Waals surface area contributed by atoms with Gasteiger partial charge in [0, 0.05) is 119 Å². The lowest BCUT2D eigenvalue weighted by atomic mass is 9.99. The zero-order valence-corrected chi connectivity index (χ0v) is 78.2. The topological polar surface area (TPSA) is 627 Å². The molecule has 43 heteroatoms. The van der Waals surface area contributed by atoms with Crippen molar-refractivity contribution in [3.63, 3.8) is 0 Å². The smallest absolute Gasteiger partial charge is 0.246 e. The first-order valence-corrected chi connectivity index (χ1v) is 46.5. The second-order valence-corrected chi connectivity index (χ2v) is 35.4. The predicted octanol–water partition coefficient (Wildman–Crippen LogP) is -1.39. The summed E-state index contributed by atoms with van der Waals surface area (Å²) in [5.41, 5.74) is 26.4. The molecule has 13 atom stereocenters. The number of fused-ring (bicyclic) bond motifs is 3. The van der Waals surface area contributed by atoms with E-state index in [4.69, 9.17) is 28.3 Å². The Bertz CT molecular complexity index is 5090. The summed E-state index contributed by atoms with van der Waals surface area (Å²) in [6.07, 6.45) is 6.45. The lowest BCUT2D eigenvalue weighted by Gasteiger charge is -2.36. The summed E-state index contributed by atoms with van der Waals surface area (Å²) in [4.78, 5) is 269. The number of H-pyrrole nitrogens is 3. The highest BCUT2D eigenvalue weighted by atomic mass is 32.2. The van der Waals surface area contributed by atoms with E-state index in [1.807, 2.05) is 32.0 Å². The highest BCUT2D eigenvalue weighted by molar-refractivity contribution is 8.00. The Balaban J connectivity index is 1.19. The fourth-order valence-electron chi connectivity index (χ4n) is 16.2. The number of carbonyl (C=O) groups excluding carboxylic acids is 17. The Hall–Kier alpha value is -13.5. The van der Waals surface area contributed by atoms with Gasteiger partial charge in [-0.2, -0.15) is 0 Å². The van der Waals surface area contributed by atoms with Crippen LogP contribution < -0.4 is 81.4 Å². The summed E-state index contributed by atoms with van der Waals surface area (Å²) < 4.78 is 0. The zero-order valence-electron chi connectivity index (χ0n) is 77.4. The van der Waals surface area contributed by atoms with Gasteiger partial charge in [-0.05, 0) is 106 Å². The molecule has 134 heavy (non-hydrogen) atoms. The van der Waals surface area contributed by atoms with Crippen LogP contribution in [-0.4, -0.2) is 302 Å². The number of benzene rings is 3. The Labute approximate surface area is 782 Å². The SMILES string of the molecule is CCCC[C@H]1C(=O)N(C)[C@@H](CCCC)C(=O)N[C@@H](CCCNC(=N)N)C(=O)N[C@H](C(=O)NCC(N)=O)CSCC(=O)N[C@@H](Cc2ccccc2)C(=O)N(C)[C@@H](C)C(=O)N[C@@H](CC(N)=O)C(=O)N2CCC[C@H]2C(=O)N[C@@H](Cc2cnc[nH]2)C(=O)N[C@@H](CC(C)C)C(=O)N(C)CC(=O)N[C@@H](Cc2c[nH]c3ccccc23)C(=O)N[C@@H](CCCN)C(=O)N[C@@H](Cc2c[nH]c3ccccc23)C(=O)N1C. The molecular formula is C91H131N25O17S. The number of likely N-dealkylation sites (N-methyl/N-ethyl adjacent to an activating group) is 4. The van der Waals surface area contributed by atoms with Gasteiger partial charge in [-0.3, -0.25) is 86.9 Å². The predicted molar refractivity (Wildman–Crippen MR) is 501 cm³/mol. The summed E-state index contributed by atoms with van der Waals surface area (Å²) in [5, 5.41) is 39.0. The van der Waals surface area contributed by atoms with Crippen LogP contribution in [0.5, 0.6) is 0 Å². The summed E-state index contributed by atoms with van der Waals surface area (Å²) in [7, 11) is 5.35. The van der Waals surface area contributed by atoms with Gasteiger partial charge in [0.25, 0.3) is 0 Å². The number of aromatic amines is 3. The average molecular weight is 1880 g/mol. The van der Waals surface area contributed by atoms with Crippen molar-refractivity contribution in [1.82, 2.24) is 103 Å². The number of rotatable bonds is 28. The van der Waals surface area contributed by atoms with Crippen LogP contribution in [0.4, 0.5) is 0 Å². The molecule has 0 radical (unpaired) electrons. The van der Waals surface area contributed by atoms with E-state index in [2.05, 4.69) is 78.4 Å². The van der Waals surface area contributed by atoms with Crippen molar-refractivity contribution in [3.8, 4) is 0 Å². The molecule has 728 valence electrons. The second-order valence-electron chi connectivity index (χ2n) is 34.4. The molecule has 2 fully saturated rings. The first-order valence-electron chi connectivity index (χ1n) is 45.3. The molecule has 0 spiro atoms. The minimum atomic E-state index is -1.74. The van der Waals surface area contributed by atoms with Gasteiger partial charge in [-0.15, -0.1) is 11.8 Å². The Morgan fingerprint density at radius 2 is 1.05 bits per heavy atom. The monoisotopic (exact) mass is 1880 g/mol. The summed E-state index contributed by atoms with van der Waals surface area (Å²) >= 11 is 0.803. The maximum absolute atomic E-state index is 15.9. The van der Waals surface area contributed by atoms with Gasteiger partial charge in [-0.25, -0.2) is 4.98 Å². The fourth-order valence-corrected chi connectivity index (χ4v) is 17.1. The minimum absolute atomic E-state index is 0.00909. The molecule has 2 aliphatic heterocycles. The Kier molecular flexibility index (Phi) is 41.2. The standard InChI is InChI=1S/C91H131N25O17S/c1-10-12-32-71-84(127)106-63(31-22-36-98-91(95)96)81(124)111-70(79(122)101-47-75(94)118)49-134-50-77(120)104-67(39-54-24-15-14-16-25-54)87(130)113(7)53(5)78(121)108-69(43-74(93)117)89(132)116-37-23-34-72(116)85(128)107-65(42-57-46-97-51-102-57)83(126)109-66(38-52(3)4)86(129)112(6)48-76(119)103-64(40-55-44-99-60-28-19-17-26-58(55)60)82(125)105-62(30-21-35-92)80(123)110-68(41-56-45-100-61-29-20-18-27-59(56)61)88(131)115(9)73(33-13-11-2)90(133)114(71)8/h14-20,24-29,44-46,51-53,62-73,99-100H,10-13,21-23,30-43,47-50,92H2,1-9H3,(H2,93,117)(H2,94,118)(H,97,102)(H,101,122)(H,103,119)(H,104,120)(H,105,125)(H,106,127)(H,107,128)(H,108,121)(H,109,126)(H,110,123)(H,111,124)(H4,95,96,98)/t53-,62-,63-,64-,65-,66-,67-,68-,69-,70-,71-,72-,73-/m0/s1. The Morgan fingerprint density at radius 1 is 0.522 bits per heavy atom. The third-order valence-electron chi connectivity index (χ3n) is 23.7. The number of amides is 17. The van der Waals surface area contributed by atoms with Crippen LogP contribution in [0.25, 0.3) is 21.8 Å². The number of unbranched alkanes of at least 4 members (excludes halogenated alkanes) is 2. The van der Waals surface area contributed by atoms with Crippen LogP contribution in [0.3, 0.4) is 0 Å². The highest BCUT2D eigenvalue weighted by Crippen LogP contribution is 2.26. The van der Waals surface area contributed by atoms with Gasteiger partial charge in [0.05, 0.1) is 31.6 Å². The van der Waals surface area contributed by atoms with Gasteiger partial charge in [0.15, 0.2) is 5.96 Å². The number of thioether (sulfide) groups is 1. The number of nitrogens with zero attached hydrogens (tertiary/aromatic N) is 6. The number of carbonyl (C=O) groups is 17. The van der Waals surface area contributed by atoms with Gasteiger partial charge in [0.2, 0.25) is 100 Å². The molecule has 0 unspecified atom stereocenters. The van der Waals surface area contributed by atoms with E-state index < -0.39 is 216 Å². The van der Waals surface area contributed by atoms with E-state index in [0.29, 0.717) is 69.9 Å². The van der Waals surface area contributed by atoms with Crippen molar-refractivity contribution >= 4 is 140 Å². The maximum Gasteiger partial charge on any atom is 0.246 e. The maximum atomic E-state index is 15.9. The minimum Gasteiger partial charge on any atom is -0.370 e. The number of primary amides is 2. The molecule has 42 nitrogen and oxygen atoms in total. The zero-order chi connectivity index (χ0) is 98.0.